The third-order valence-corrected chi connectivity index (χ3v) is 3.56. The van der Waals surface area contributed by atoms with Crippen LogP contribution in [0.1, 0.15) is 66.7 Å². The highest BCUT2D eigenvalue weighted by atomic mass is 16.3. The lowest BCUT2D eigenvalue weighted by Gasteiger charge is -2.17. The van der Waals surface area contributed by atoms with Crippen molar-refractivity contribution < 1.29 is 10.2 Å². The van der Waals surface area contributed by atoms with Crippen LogP contribution in [-0.4, -0.2) is 22.4 Å². The van der Waals surface area contributed by atoms with Gasteiger partial charge in [0.2, 0.25) is 0 Å². The zero-order valence-electron chi connectivity index (χ0n) is 15.0. The predicted octanol–water partition coefficient (Wildman–Crippen LogP) is 5.10. The second-order valence-corrected chi connectivity index (χ2v) is 6.61. The molecule has 2 heteroatoms. The Kier molecular flexibility index (Phi) is 10.9. The van der Waals surface area contributed by atoms with Gasteiger partial charge >= 0.3 is 0 Å². The molecule has 0 aromatic heterocycles. The molecule has 0 aromatic carbocycles. The maximum atomic E-state index is 10.3. The van der Waals surface area contributed by atoms with E-state index in [1.54, 1.807) is 0 Å². The Morgan fingerprint density at radius 2 is 1.64 bits per heavy atom. The molecule has 0 heterocycles. The van der Waals surface area contributed by atoms with Gasteiger partial charge < -0.3 is 10.2 Å². The quantitative estimate of drug-likeness (QED) is 0.552. The van der Waals surface area contributed by atoms with E-state index in [1.807, 2.05) is 26.0 Å². The van der Waals surface area contributed by atoms with Gasteiger partial charge in [-0.1, -0.05) is 47.1 Å². The molecule has 0 bridgehead atoms. The van der Waals surface area contributed by atoms with E-state index >= 15 is 0 Å². The molecule has 22 heavy (non-hydrogen) atoms. The van der Waals surface area contributed by atoms with Crippen LogP contribution < -0.4 is 0 Å². The highest BCUT2D eigenvalue weighted by molar-refractivity contribution is 5.08. The van der Waals surface area contributed by atoms with E-state index in [0.29, 0.717) is 0 Å². The molecule has 0 radical (unpaired) electrons. The van der Waals surface area contributed by atoms with Crippen molar-refractivity contribution in [1.82, 2.24) is 0 Å². The molecule has 126 valence electrons. The molecule has 0 fully saturated rings. The fourth-order valence-corrected chi connectivity index (χ4v) is 2.04. The van der Waals surface area contributed by atoms with Crippen LogP contribution in [0.2, 0.25) is 0 Å². The Morgan fingerprint density at radius 3 is 2.23 bits per heavy atom. The van der Waals surface area contributed by atoms with E-state index in [4.69, 9.17) is 5.11 Å². The van der Waals surface area contributed by atoms with Crippen LogP contribution in [0.4, 0.5) is 0 Å². The van der Waals surface area contributed by atoms with Crippen molar-refractivity contribution in [3.8, 4) is 0 Å². The molecule has 0 saturated carbocycles. The van der Waals surface area contributed by atoms with Crippen LogP contribution in [-0.2, 0) is 0 Å². The molecule has 0 spiro atoms. The van der Waals surface area contributed by atoms with Crippen LogP contribution in [0, 0.1) is 0 Å². The molecular formula is C20H34O2. The Morgan fingerprint density at radius 1 is 0.955 bits per heavy atom. The second kappa shape index (κ2) is 11.4. The van der Waals surface area contributed by atoms with Gasteiger partial charge in [-0.2, -0.15) is 0 Å². The molecule has 0 aliphatic rings. The van der Waals surface area contributed by atoms with Crippen LogP contribution in [0.3, 0.4) is 0 Å². The molecule has 0 aliphatic carbocycles. The van der Waals surface area contributed by atoms with Gasteiger partial charge in [0.25, 0.3) is 0 Å². The predicted molar refractivity (Wildman–Crippen MR) is 96.9 cm³/mol. The summed E-state index contributed by atoms with van der Waals surface area (Å²) in [5.41, 5.74) is 2.94. The van der Waals surface area contributed by atoms with Crippen molar-refractivity contribution in [3.05, 3.63) is 47.1 Å². The maximum Gasteiger partial charge on any atom is 0.0802 e. The van der Waals surface area contributed by atoms with E-state index in [-0.39, 0.29) is 6.61 Å². The van der Waals surface area contributed by atoms with Gasteiger partial charge in [-0.3, -0.25) is 0 Å². The van der Waals surface area contributed by atoms with Gasteiger partial charge in [-0.25, -0.2) is 0 Å². The number of aliphatic hydroxyl groups excluding tert-OH is 1. The molecule has 2 nitrogen and oxygen atoms in total. The Balaban J connectivity index is 4.14. The molecule has 1 atom stereocenters. The van der Waals surface area contributed by atoms with Crippen LogP contribution in [0.5, 0.6) is 0 Å². The first-order valence-electron chi connectivity index (χ1n) is 8.22. The van der Waals surface area contributed by atoms with E-state index in [9.17, 15) is 5.11 Å². The SMILES string of the molecule is CC(C)=CCCC(C)(O)C=CC/C=C(\C)CC/C=C(\C)CO. The van der Waals surface area contributed by atoms with Gasteiger partial charge in [0, 0.05) is 0 Å². The van der Waals surface area contributed by atoms with Crippen molar-refractivity contribution >= 4 is 0 Å². The summed E-state index contributed by atoms with van der Waals surface area (Å²) in [5, 5.41) is 19.2. The van der Waals surface area contributed by atoms with Gasteiger partial charge in [0.1, 0.15) is 0 Å². The average molecular weight is 306 g/mol. The first kappa shape index (κ1) is 20.9. The topological polar surface area (TPSA) is 40.5 Å². The van der Waals surface area contributed by atoms with Crippen molar-refractivity contribution in [2.45, 2.75) is 72.3 Å². The lowest BCUT2D eigenvalue weighted by atomic mass is 9.98. The van der Waals surface area contributed by atoms with Crippen LogP contribution in [0.15, 0.2) is 47.1 Å². The highest BCUT2D eigenvalue weighted by Gasteiger charge is 2.14. The zero-order chi connectivity index (χ0) is 17.0. The van der Waals surface area contributed by atoms with E-state index in [1.165, 1.54) is 11.1 Å². The summed E-state index contributed by atoms with van der Waals surface area (Å²) < 4.78 is 0. The normalized spacial score (nSPS) is 16.0. The number of aliphatic hydroxyl groups is 2. The first-order valence-corrected chi connectivity index (χ1v) is 8.22. The van der Waals surface area contributed by atoms with E-state index in [2.05, 4.69) is 39.0 Å². The average Bonchev–Trinajstić information content (AvgIpc) is 2.42. The third-order valence-electron chi connectivity index (χ3n) is 3.56. The summed E-state index contributed by atoms with van der Waals surface area (Å²) in [5.74, 6) is 0. The Hall–Kier alpha value is -1.12. The number of rotatable bonds is 10. The van der Waals surface area contributed by atoms with Crippen LogP contribution >= 0.6 is 0 Å². The van der Waals surface area contributed by atoms with Gasteiger partial charge in [-0.15, -0.1) is 0 Å². The summed E-state index contributed by atoms with van der Waals surface area (Å²) >= 11 is 0. The van der Waals surface area contributed by atoms with Gasteiger partial charge in [0.15, 0.2) is 0 Å². The summed E-state index contributed by atoms with van der Waals surface area (Å²) in [6, 6.07) is 0. The maximum absolute atomic E-state index is 10.3. The fourth-order valence-electron chi connectivity index (χ4n) is 2.04. The lowest BCUT2D eigenvalue weighted by Crippen LogP contribution is -2.19. The fraction of sp³-hybridized carbons (Fsp3) is 0.600. The van der Waals surface area contributed by atoms with E-state index < -0.39 is 5.60 Å². The second-order valence-electron chi connectivity index (χ2n) is 6.61. The molecule has 0 aromatic rings. The van der Waals surface area contributed by atoms with E-state index in [0.717, 1.165) is 37.7 Å². The zero-order valence-corrected chi connectivity index (χ0v) is 15.0. The summed E-state index contributed by atoms with van der Waals surface area (Å²) in [4.78, 5) is 0. The molecule has 0 rings (SSSR count). The molecule has 0 amide bonds. The summed E-state index contributed by atoms with van der Waals surface area (Å²) in [6.07, 6.45) is 14.9. The van der Waals surface area contributed by atoms with Crippen molar-refractivity contribution in [2.75, 3.05) is 6.61 Å². The first-order chi connectivity index (χ1) is 10.3. The lowest BCUT2D eigenvalue weighted by molar-refractivity contribution is 0.103. The van der Waals surface area contributed by atoms with Crippen LogP contribution in [0.25, 0.3) is 0 Å². The smallest absolute Gasteiger partial charge is 0.0802 e. The minimum Gasteiger partial charge on any atom is -0.392 e. The van der Waals surface area contributed by atoms with Crippen molar-refractivity contribution in [3.63, 3.8) is 0 Å². The largest absolute Gasteiger partial charge is 0.392 e. The Labute approximate surface area is 137 Å². The minimum absolute atomic E-state index is 0.146. The summed E-state index contributed by atoms with van der Waals surface area (Å²) in [6.45, 7) is 10.2. The number of hydrogen-bond acceptors (Lipinski definition) is 2. The summed E-state index contributed by atoms with van der Waals surface area (Å²) in [7, 11) is 0. The highest BCUT2D eigenvalue weighted by Crippen LogP contribution is 2.16. The van der Waals surface area contributed by atoms with Gasteiger partial charge in [-0.05, 0) is 66.7 Å². The number of allylic oxidation sites excluding steroid dienone is 6. The monoisotopic (exact) mass is 306 g/mol. The van der Waals surface area contributed by atoms with Crippen molar-refractivity contribution in [1.29, 1.82) is 0 Å². The molecule has 1 unspecified atom stereocenters. The standard InChI is InChI=1S/C20H34O2/c1-17(2)10-9-15-20(5,22)14-7-6-11-18(3)12-8-13-19(4)16-21/h7,10-11,13-14,21-22H,6,8-9,12,15-16H2,1-5H3/b14-7?,18-11+,19-13+. The molecule has 0 saturated heterocycles. The van der Waals surface area contributed by atoms with Crippen molar-refractivity contribution in [2.24, 2.45) is 0 Å². The van der Waals surface area contributed by atoms with Gasteiger partial charge in [0.05, 0.1) is 12.2 Å². The minimum atomic E-state index is -0.728. The molecule has 0 aliphatic heterocycles. The molecular weight excluding hydrogens is 272 g/mol. The number of hydrogen-bond donors (Lipinski definition) is 2. The Bertz CT molecular complexity index is 419. The third kappa shape index (κ3) is 12.6. The molecule has 2 N–H and O–H groups in total.